The molecule has 0 spiro atoms. The fraction of sp³-hybridized carbons (Fsp3) is 0.941. The Morgan fingerprint density at radius 3 is 2.41 bits per heavy atom. The van der Waals surface area contributed by atoms with Crippen LogP contribution in [0.1, 0.15) is 66.7 Å². The zero-order valence-corrected chi connectivity index (χ0v) is 15.1. The average Bonchev–Trinajstić information content (AvgIpc) is 2.47. The van der Waals surface area contributed by atoms with Crippen molar-refractivity contribution in [3.8, 4) is 0 Å². The van der Waals surface area contributed by atoms with Gasteiger partial charge in [0.05, 0.1) is 0 Å². The van der Waals surface area contributed by atoms with Gasteiger partial charge < -0.3 is 20.7 Å². The normalized spacial score (nSPS) is 19.8. The highest BCUT2D eigenvalue weighted by Gasteiger charge is 2.28. The van der Waals surface area contributed by atoms with Crippen molar-refractivity contribution in [2.45, 2.75) is 83.9 Å². The zero-order valence-electron chi connectivity index (χ0n) is 15.1. The van der Waals surface area contributed by atoms with Crippen LogP contribution in [0.15, 0.2) is 0 Å². The summed E-state index contributed by atoms with van der Waals surface area (Å²) in [4.78, 5) is 11.9. The van der Waals surface area contributed by atoms with Crippen LogP contribution in [0.5, 0.6) is 0 Å². The standard InChI is InChI=1S/C17H35N3O2/c1-6-17(7-2,13-19-15(21)22-16(3,4)5)20-12-14-10-8-9-11-18-14/h14,18,20H,6-13H2,1-5H3,(H,19,21). The molecule has 0 bridgehead atoms. The molecule has 0 aromatic rings. The fourth-order valence-electron chi connectivity index (χ4n) is 2.81. The minimum absolute atomic E-state index is 0.0595. The van der Waals surface area contributed by atoms with E-state index in [1.165, 1.54) is 19.3 Å². The molecule has 1 rings (SSSR count). The smallest absolute Gasteiger partial charge is 0.407 e. The van der Waals surface area contributed by atoms with E-state index in [-0.39, 0.29) is 11.6 Å². The van der Waals surface area contributed by atoms with Crippen molar-refractivity contribution in [3.63, 3.8) is 0 Å². The Morgan fingerprint density at radius 2 is 1.91 bits per heavy atom. The van der Waals surface area contributed by atoms with Gasteiger partial charge in [0.25, 0.3) is 0 Å². The highest BCUT2D eigenvalue weighted by molar-refractivity contribution is 5.67. The van der Waals surface area contributed by atoms with E-state index >= 15 is 0 Å². The Labute approximate surface area is 135 Å². The SMILES string of the molecule is CCC(CC)(CNC(=O)OC(C)(C)C)NCC1CCCCN1. The Balaban J connectivity index is 2.45. The summed E-state index contributed by atoms with van der Waals surface area (Å²) < 4.78 is 5.33. The molecule has 0 aliphatic carbocycles. The summed E-state index contributed by atoms with van der Waals surface area (Å²) in [6.07, 6.45) is 5.44. The number of nitrogens with one attached hydrogen (secondary N) is 3. The topological polar surface area (TPSA) is 62.4 Å². The van der Waals surface area contributed by atoms with Crippen molar-refractivity contribution in [1.29, 1.82) is 0 Å². The molecule has 1 fully saturated rings. The number of hydrogen-bond acceptors (Lipinski definition) is 4. The molecular formula is C17H35N3O2. The van der Waals surface area contributed by atoms with Gasteiger partial charge in [-0.15, -0.1) is 0 Å². The number of hydrogen-bond donors (Lipinski definition) is 3. The second kappa shape index (κ2) is 8.73. The van der Waals surface area contributed by atoms with Gasteiger partial charge in [0.1, 0.15) is 5.60 Å². The summed E-state index contributed by atoms with van der Waals surface area (Å²) in [7, 11) is 0. The van der Waals surface area contributed by atoms with Crippen LogP contribution in [-0.4, -0.2) is 42.9 Å². The van der Waals surface area contributed by atoms with E-state index in [9.17, 15) is 4.79 Å². The van der Waals surface area contributed by atoms with Crippen molar-refractivity contribution in [3.05, 3.63) is 0 Å². The van der Waals surface area contributed by atoms with Crippen LogP contribution in [0.25, 0.3) is 0 Å². The maximum atomic E-state index is 11.9. The third-order valence-electron chi connectivity index (χ3n) is 4.46. The second-order valence-corrected chi connectivity index (χ2v) is 7.37. The molecule has 1 atom stereocenters. The Morgan fingerprint density at radius 1 is 1.23 bits per heavy atom. The molecule has 1 amide bonds. The molecule has 130 valence electrons. The third kappa shape index (κ3) is 6.97. The number of alkyl carbamates (subject to hydrolysis) is 1. The lowest BCUT2D eigenvalue weighted by atomic mass is 9.91. The molecule has 1 saturated heterocycles. The molecule has 1 unspecified atom stereocenters. The van der Waals surface area contributed by atoms with Crippen LogP contribution in [-0.2, 0) is 4.74 Å². The van der Waals surface area contributed by atoms with Gasteiger partial charge in [-0.2, -0.15) is 0 Å². The van der Waals surface area contributed by atoms with Crippen molar-refractivity contribution in [1.82, 2.24) is 16.0 Å². The number of piperidine rings is 1. The van der Waals surface area contributed by atoms with E-state index in [0.29, 0.717) is 12.6 Å². The highest BCUT2D eigenvalue weighted by atomic mass is 16.6. The van der Waals surface area contributed by atoms with E-state index in [1.807, 2.05) is 20.8 Å². The molecule has 1 heterocycles. The fourth-order valence-corrected chi connectivity index (χ4v) is 2.81. The molecule has 5 heteroatoms. The summed E-state index contributed by atoms with van der Waals surface area (Å²) in [6.45, 7) is 12.7. The van der Waals surface area contributed by atoms with Gasteiger partial charge >= 0.3 is 6.09 Å². The lowest BCUT2D eigenvalue weighted by Gasteiger charge is -2.36. The molecule has 22 heavy (non-hydrogen) atoms. The van der Waals surface area contributed by atoms with Gasteiger partial charge in [0, 0.05) is 24.7 Å². The Hall–Kier alpha value is -0.810. The van der Waals surface area contributed by atoms with Crippen LogP contribution in [0.2, 0.25) is 0 Å². The van der Waals surface area contributed by atoms with Gasteiger partial charge in [0.15, 0.2) is 0 Å². The van der Waals surface area contributed by atoms with E-state index < -0.39 is 5.60 Å². The highest BCUT2D eigenvalue weighted by Crippen LogP contribution is 2.16. The van der Waals surface area contributed by atoms with Gasteiger partial charge in [-0.25, -0.2) is 4.79 Å². The Bertz CT molecular complexity index is 329. The number of rotatable bonds is 7. The van der Waals surface area contributed by atoms with E-state index in [0.717, 1.165) is 25.9 Å². The summed E-state index contributed by atoms with van der Waals surface area (Å²) in [5, 5.41) is 10.2. The molecule has 5 nitrogen and oxygen atoms in total. The first-order chi connectivity index (χ1) is 10.3. The van der Waals surface area contributed by atoms with Crippen LogP contribution < -0.4 is 16.0 Å². The van der Waals surface area contributed by atoms with Gasteiger partial charge in [-0.05, 0) is 53.0 Å². The minimum atomic E-state index is -0.454. The number of ether oxygens (including phenoxy) is 1. The molecule has 0 saturated carbocycles. The monoisotopic (exact) mass is 313 g/mol. The number of carbonyl (C=O) groups excluding carboxylic acids is 1. The number of carbonyl (C=O) groups is 1. The van der Waals surface area contributed by atoms with Gasteiger partial charge in [-0.1, -0.05) is 20.3 Å². The van der Waals surface area contributed by atoms with Crippen molar-refractivity contribution in [2.75, 3.05) is 19.6 Å². The molecule has 0 radical (unpaired) electrons. The molecule has 3 N–H and O–H groups in total. The van der Waals surface area contributed by atoms with E-state index in [1.54, 1.807) is 0 Å². The first kappa shape index (κ1) is 19.2. The average molecular weight is 313 g/mol. The van der Waals surface area contributed by atoms with Crippen LogP contribution >= 0.6 is 0 Å². The first-order valence-corrected chi connectivity index (χ1v) is 8.75. The summed E-state index contributed by atoms with van der Waals surface area (Å²) in [6, 6.07) is 0.549. The van der Waals surface area contributed by atoms with Crippen LogP contribution in [0.4, 0.5) is 4.79 Å². The van der Waals surface area contributed by atoms with Gasteiger partial charge in [-0.3, -0.25) is 0 Å². The van der Waals surface area contributed by atoms with Crippen LogP contribution in [0, 0.1) is 0 Å². The maximum absolute atomic E-state index is 11.9. The van der Waals surface area contributed by atoms with Crippen molar-refractivity contribution >= 4 is 6.09 Å². The predicted molar refractivity (Wildman–Crippen MR) is 91.2 cm³/mol. The summed E-state index contributed by atoms with van der Waals surface area (Å²) >= 11 is 0. The van der Waals surface area contributed by atoms with Crippen molar-refractivity contribution in [2.24, 2.45) is 0 Å². The number of amides is 1. The summed E-state index contributed by atoms with van der Waals surface area (Å²) in [5.74, 6) is 0. The maximum Gasteiger partial charge on any atom is 0.407 e. The predicted octanol–water partition coefficient (Wildman–Crippen LogP) is 2.80. The van der Waals surface area contributed by atoms with Crippen LogP contribution in [0.3, 0.4) is 0 Å². The van der Waals surface area contributed by atoms with E-state index in [4.69, 9.17) is 4.74 Å². The first-order valence-electron chi connectivity index (χ1n) is 8.75. The largest absolute Gasteiger partial charge is 0.444 e. The van der Waals surface area contributed by atoms with Crippen molar-refractivity contribution < 1.29 is 9.53 Å². The van der Waals surface area contributed by atoms with Gasteiger partial charge in [0.2, 0.25) is 0 Å². The molecular weight excluding hydrogens is 278 g/mol. The minimum Gasteiger partial charge on any atom is -0.444 e. The molecule has 0 aromatic carbocycles. The zero-order chi connectivity index (χ0) is 16.6. The lowest BCUT2D eigenvalue weighted by molar-refractivity contribution is 0.0506. The molecule has 1 aliphatic heterocycles. The second-order valence-electron chi connectivity index (χ2n) is 7.37. The molecule has 0 aromatic heterocycles. The van der Waals surface area contributed by atoms with E-state index in [2.05, 4.69) is 29.8 Å². The molecule has 1 aliphatic rings. The Kier molecular flexibility index (Phi) is 7.63. The quantitative estimate of drug-likeness (QED) is 0.676. The lowest BCUT2D eigenvalue weighted by Crippen LogP contribution is -2.56. The summed E-state index contributed by atoms with van der Waals surface area (Å²) in [5.41, 5.74) is -0.513. The third-order valence-corrected chi connectivity index (χ3v) is 4.46.